The average molecular weight is 444 g/mol. The second-order valence-electron chi connectivity index (χ2n) is 8.03. The Labute approximate surface area is 182 Å². The zero-order valence-corrected chi connectivity index (χ0v) is 17.7. The van der Waals surface area contributed by atoms with Crippen molar-refractivity contribution in [1.29, 1.82) is 0 Å². The second-order valence-corrected chi connectivity index (χ2v) is 8.03. The Morgan fingerprint density at radius 2 is 1.78 bits per heavy atom. The fourth-order valence-corrected chi connectivity index (χ4v) is 3.90. The van der Waals surface area contributed by atoms with Crippen molar-refractivity contribution in [3.8, 4) is 5.75 Å². The molecule has 0 saturated heterocycles. The Bertz CT molecular complexity index is 1200. The summed E-state index contributed by atoms with van der Waals surface area (Å²) in [7, 11) is 0. The van der Waals surface area contributed by atoms with E-state index in [-0.39, 0.29) is 30.0 Å². The van der Waals surface area contributed by atoms with Gasteiger partial charge >= 0.3 is 0 Å². The molecule has 0 unspecified atom stereocenters. The van der Waals surface area contributed by atoms with Crippen LogP contribution < -0.4 is 15.8 Å². The molecule has 0 spiro atoms. The number of fused-ring (bicyclic) bond motifs is 4. The quantitative estimate of drug-likeness (QED) is 0.704. The molecule has 32 heavy (non-hydrogen) atoms. The van der Waals surface area contributed by atoms with Crippen molar-refractivity contribution in [2.75, 3.05) is 11.7 Å². The van der Waals surface area contributed by atoms with Gasteiger partial charge in [-0.25, -0.2) is 8.78 Å². The predicted molar refractivity (Wildman–Crippen MR) is 112 cm³/mol. The van der Waals surface area contributed by atoms with Gasteiger partial charge in [0.1, 0.15) is 23.9 Å². The number of hydrogen-bond acceptors (Lipinski definition) is 5. The zero-order valence-electron chi connectivity index (χ0n) is 17.7. The van der Waals surface area contributed by atoms with Gasteiger partial charge in [-0.1, -0.05) is 12.2 Å². The average Bonchev–Trinajstić information content (AvgIpc) is 2.85. The largest absolute Gasteiger partial charge is 0.502 e. The normalized spacial score (nSPS) is 19.6. The molecule has 1 aromatic heterocycles. The first-order valence-corrected chi connectivity index (χ1v) is 10.1. The molecule has 0 fully saturated rings. The monoisotopic (exact) mass is 444 g/mol. The Morgan fingerprint density at radius 1 is 1.16 bits per heavy atom. The number of aryl methyl sites for hydroxylation is 1. The summed E-state index contributed by atoms with van der Waals surface area (Å²) in [6.07, 6.45) is 4.90. The summed E-state index contributed by atoms with van der Waals surface area (Å²) in [6, 6.07) is 1.82. The summed E-state index contributed by atoms with van der Waals surface area (Å²) in [6.45, 7) is 4.91. The van der Waals surface area contributed by atoms with E-state index in [1.165, 1.54) is 22.7 Å². The lowest BCUT2D eigenvalue weighted by atomic mass is 10.1. The molecule has 2 amide bonds. The van der Waals surface area contributed by atoms with Crippen molar-refractivity contribution in [2.45, 2.75) is 39.4 Å². The molecule has 2 N–H and O–H groups in total. The van der Waals surface area contributed by atoms with Crippen LogP contribution >= 0.6 is 0 Å². The Kier molecular flexibility index (Phi) is 5.23. The molecule has 2 aliphatic rings. The highest BCUT2D eigenvalue weighted by molar-refractivity contribution is 5.99. The van der Waals surface area contributed by atoms with Crippen molar-refractivity contribution in [2.24, 2.45) is 0 Å². The van der Waals surface area contributed by atoms with E-state index in [0.717, 1.165) is 12.1 Å². The molecule has 8 nitrogen and oxygen atoms in total. The molecular formula is C22H22F2N4O4. The van der Waals surface area contributed by atoms with Gasteiger partial charge in [-0.05, 0) is 38.5 Å². The molecule has 1 aromatic carbocycles. The number of rotatable bonds is 3. The van der Waals surface area contributed by atoms with Crippen LogP contribution in [0.25, 0.3) is 0 Å². The number of carbonyl (C=O) groups excluding carboxylic acids is 2. The van der Waals surface area contributed by atoms with E-state index in [1.807, 2.05) is 26.0 Å². The lowest BCUT2D eigenvalue weighted by Gasteiger charge is -2.41. The van der Waals surface area contributed by atoms with E-state index < -0.39 is 46.7 Å². The van der Waals surface area contributed by atoms with Gasteiger partial charge in [0.15, 0.2) is 11.4 Å². The predicted octanol–water partition coefficient (Wildman–Crippen LogP) is 1.77. The number of carbonyl (C=O) groups is 2. The van der Waals surface area contributed by atoms with Crippen LogP contribution in [0.4, 0.5) is 8.78 Å². The number of aromatic hydroxyl groups is 1. The Morgan fingerprint density at radius 3 is 2.44 bits per heavy atom. The molecule has 4 rings (SSSR count). The first kappa shape index (κ1) is 21.5. The van der Waals surface area contributed by atoms with Crippen molar-refractivity contribution >= 4 is 11.8 Å². The summed E-state index contributed by atoms with van der Waals surface area (Å²) in [5, 5.41) is 14.6. The van der Waals surface area contributed by atoms with Crippen LogP contribution in [0.15, 0.2) is 35.3 Å². The van der Waals surface area contributed by atoms with Crippen molar-refractivity contribution in [1.82, 2.24) is 14.9 Å². The summed E-state index contributed by atoms with van der Waals surface area (Å²) >= 11 is 0. The fourth-order valence-electron chi connectivity index (χ4n) is 3.90. The van der Waals surface area contributed by atoms with Crippen molar-refractivity contribution in [3.05, 3.63) is 74.7 Å². The highest BCUT2D eigenvalue weighted by atomic mass is 19.1. The molecule has 0 aliphatic carbocycles. The number of pyridine rings is 1. The number of benzene rings is 1. The highest BCUT2D eigenvalue weighted by Crippen LogP contribution is 2.26. The van der Waals surface area contributed by atoms with Crippen LogP contribution in [0.1, 0.15) is 45.8 Å². The maximum atomic E-state index is 14.1. The van der Waals surface area contributed by atoms with Crippen molar-refractivity contribution < 1.29 is 23.5 Å². The van der Waals surface area contributed by atoms with Gasteiger partial charge in [0, 0.05) is 24.3 Å². The third-order valence-corrected chi connectivity index (χ3v) is 5.79. The maximum absolute atomic E-state index is 14.1. The number of hydrogen-bond donors (Lipinski definition) is 2. The lowest BCUT2D eigenvalue weighted by molar-refractivity contribution is 0.0652. The van der Waals surface area contributed by atoms with Gasteiger partial charge in [0.05, 0.1) is 6.04 Å². The molecule has 3 heterocycles. The van der Waals surface area contributed by atoms with Gasteiger partial charge < -0.3 is 15.3 Å². The first-order chi connectivity index (χ1) is 15.1. The van der Waals surface area contributed by atoms with Gasteiger partial charge in [-0.2, -0.15) is 0 Å². The maximum Gasteiger partial charge on any atom is 0.278 e. The lowest BCUT2D eigenvalue weighted by Crippen LogP contribution is -2.57. The Balaban J connectivity index is 1.71. The number of nitrogens with zero attached hydrogens (tertiary/aromatic N) is 3. The summed E-state index contributed by atoms with van der Waals surface area (Å²) in [5.41, 5.74) is -1.69. The molecule has 168 valence electrons. The third-order valence-electron chi connectivity index (χ3n) is 5.79. The molecule has 2 aromatic rings. The zero-order chi connectivity index (χ0) is 23.3. The van der Waals surface area contributed by atoms with Crippen LogP contribution in [0.5, 0.6) is 5.75 Å². The topological polar surface area (TPSA) is 94.9 Å². The van der Waals surface area contributed by atoms with E-state index in [2.05, 4.69) is 5.32 Å². The number of aromatic nitrogens is 1. The van der Waals surface area contributed by atoms with Gasteiger partial charge in [-0.3, -0.25) is 24.1 Å². The van der Waals surface area contributed by atoms with Crippen LogP contribution in [0.2, 0.25) is 0 Å². The number of amides is 2. The van der Waals surface area contributed by atoms with Gasteiger partial charge in [0.25, 0.3) is 11.8 Å². The van der Waals surface area contributed by atoms with Gasteiger partial charge in [-0.15, -0.1) is 0 Å². The van der Waals surface area contributed by atoms with E-state index in [9.17, 15) is 28.3 Å². The fraction of sp³-hybridized carbons (Fsp3) is 0.318. The first-order valence-electron chi connectivity index (χ1n) is 10.1. The minimum atomic E-state index is -1.04. The third kappa shape index (κ3) is 3.41. The summed E-state index contributed by atoms with van der Waals surface area (Å²) in [4.78, 5) is 39.8. The van der Waals surface area contributed by atoms with E-state index in [1.54, 1.807) is 5.01 Å². The van der Waals surface area contributed by atoms with Crippen LogP contribution in [0.3, 0.4) is 0 Å². The van der Waals surface area contributed by atoms with E-state index >= 15 is 0 Å². The van der Waals surface area contributed by atoms with E-state index in [0.29, 0.717) is 5.56 Å². The number of nitrogens with one attached hydrogen (secondary N) is 1. The Hall–Kier alpha value is -3.69. The van der Waals surface area contributed by atoms with Crippen LogP contribution in [0, 0.1) is 18.6 Å². The molecule has 0 saturated carbocycles. The standard InChI is InChI=1S/C22H22F2N4O4/c1-11-6-16(23)14(17(24)7-11)8-25-21(31)15-9-27-18(20(30)19(15)29)22(32)26-10-28(27)13(3)5-4-12(26)2/h4-7,9,12-13,30H,8,10H2,1-3H3,(H,25,31)/t12-,13-/m1/s1. The van der Waals surface area contributed by atoms with E-state index in [4.69, 9.17) is 0 Å². The molecule has 2 aliphatic heterocycles. The molecule has 10 heteroatoms. The molecular weight excluding hydrogens is 422 g/mol. The second kappa shape index (κ2) is 7.77. The minimum Gasteiger partial charge on any atom is -0.502 e. The SMILES string of the molecule is Cc1cc(F)c(CNC(=O)c2cn3c(c(O)c2=O)C(=O)N2CN3[C@H](C)C=C[C@H]2C)c(F)c1. The summed E-state index contributed by atoms with van der Waals surface area (Å²) in [5.74, 6) is -3.97. The van der Waals surface area contributed by atoms with Gasteiger partial charge in [0.2, 0.25) is 5.43 Å². The van der Waals surface area contributed by atoms with Crippen molar-refractivity contribution in [3.63, 3.8) is 0 Å². The molecule has 2 bridgehead atoms. The summed E-state index contributed by atoms with van der Waals surface area (Å²) < 4.78 is 29.4. The van der Waals surface area contributed by atoms with Crippen LogP contribution in [-0.4, -0.2) is 45.2 Å². The van der Waals surface area contributed by atoms with Crippen LogP contribution in [-0.2, 0) is 6.54 Å². The smallest absolute Gasteiger partial charge is 0.278 e. The minimum absolute atomic E-state index is 0.185. The highest BCUT2D eigenvalue weighted by Gasteiger charge is 2.38. The molecule has 2 atom stereocenters. The number of halogens is 2. The molecule has 0 radical (unpaired) electrons.